The largest absolute Gasteiger partial charge is 0.444 e. The van der Waals surface area contributed by atoms with Gasteiger partial charge in [0.05, 0.1) is 0 Å². The number of carbonyl (C=O) groups excluding carboxylic acids is 2. The molecule has 4 rings (SSSR count). The number of carbonyl (C=O) groups is 2. The van der Waals surface area contributed by atoms with Crippen LogP contribution < -0.4 is 0 Å². The molecule has 1 aromatic carbocycles. The number of nitrogens with zero attached hydrogens (tertiary/aromatic N) is 2. The summed E-state index contributed by atoms with van der Waals surface area (Å²) in [4.78, 5) is 29.2. The summed E-state index contributed by atoms with van der Waals surface area (Å²) in [6, 6.07) is 8.67. The highest BCUT2D eigenvalue weighted by molar-refractivity contribution is 5.83. The second kappa shape index (κ2) is 8.68. The van der Waals surface area contributed by atoms with E-state index < -0.39 is 5.60 Å². The standard InChI is InChI=1S/C26H36N2O3/c1-26(2,3)31-25(30)27(4)16-18-9-11-19(12-10-18)24(29)28-14-13-23-21(17-28)15-20-7-5-6-8-22(20)23/h5-8,18-19H,9-17H2,1-4H3. The molecule has 2 amide bonds. The van der Waals surface area contributed by atoms with Gasteiger partial charge < -0.3 is 14.5 Å². The molecule has 0 saturated heterocycles. The molecule has 0 N–H and O–H groups in total. The molecule has 0 bridgehead atoms. The van der Waals surface area contributed by atoms with Gasteiger partial charge in [-0.15, -0.1) is 0 Å². The van der Waals surface area contributed by atoms with Crippen molar-refractivity contribution < 1.29 is 14.3 Å². The Morgan fingerprint density at radius 2 is 1.84 bits per heavy atom. The van der Waals surface area contributed by atoms with E-state index >= 15 is 0 Å². The molecule has 1 aromatic rings. The minimum Gasteiger partial charge on any atom is -0.444 e. The zero-order chi connectivity index (χ0) is 22.2. The normalized spacial score (nSPS) is 23.3. The van der Waals surface area contributed by atoms with Crippen molar-refractivity contribution in [3.8, 4) is 0 Å². The third-order valence-corrected chi connectivity index (χ3v) is 6.93. The maximum Gasteiger partial charge on any atom is 0.410 e. The van der Waals surface area contributed by atoms with Crippen LogP contribution in [0.15, 0.2) is 29.8 Å². The molecule has 0 unspecified atom stereocenters. The predicted octanol–water partition coefficient (Wildman–Crippen LogP) is 4.90. The summed E-state index contributed by atoms with van der Waals surface area (Å²) in [6.45, 7) is 8.00. The lowest BCUT2D eigenvalue weighted by Crippen LogP contribution is -2.42. The molecule has 5 heteroatoms. The predicted molar refractivity (Wildman–Crippen MR) is 123 cm³/mol. The molecule has 1 aliphatic heterocycles. The van der Waals surface area contributed by atoms with E-state index in [0.717, 1.165) is 51.6 Å². The van der Waals surface area contributed by atoms with Crippen LogP contribution in [0, 0.1) is 11.8 Å². The van der Waals surface area contributed by atoms with Crippen LogP contribution in [0.1, 0.15) is 64.0 Å². The Labute approximate surface area is 186 Å². The van der Waals surface area contributed by atoms with Gasteiger partial charge in [0.2, 0.25) is 5.91 Å². The number of benzene rings is 1. The third-order valence-electron chi connectivity index (χ3n) is 6.93. The van der Waals surface area contributed by atoms with E-state index in [-0.39, 0.29) is 12.0 Å². The smallest absolute Gasteiger partial charge is 0.410 e. The zero-order valence-electron chi connectivity index (χ0n) is 19.4. The second-order valence-corrected chi connectivity index (χ2v) is 10.5. The van der Waals surface area contributed by atoms with Crippen LogP contribution in [0.25, 0.3) is 5.57 Å². The highest BCUT2D eigenvalue weighted by Crippen LogP contribution is 2.39. The molecule has 1 saturated carbocycles. The van der Waals surface area contributed by atoms with Crippen LogP contribution >= 0.6 is 0 Å². The molecule has 0 spiro atoms. The lowest BCUT2D eigenvalue weighted by Gasteiger charge is -2.35. The molecule has 2 aliphatic carbocycles. The molecule has 1 fully saturated rings. The van der Waals surface area contributed by atoms with Crippen molar-refractivity contribution in [2.24, 2.45) is 11.8 Å². The van der Waals surface area contributed by atoms with Gasteiger partial charge in [-0.05, 0) is 87.5 Å². The number of fused-ring (bicyclic) bond motifs is 2. The fourth-order valence-corrected chi connectivity index (χ4v) is 5.35. The van der Waals surface area contributed by atoms with Gasteiger partial charge in [-0.1, -0.05) is 24.3 Å². The number of hydrogen-bond acceptors (Lipinski definition) is 3. The van der Waals surface area contributed by atoms with E-state index in [1.807, 2.05) is 27.8 Å². The summed E-state index contributed by atoms with van der Waals surface area (Å²) in [5.41, 5.74) is 5.26. The van der Waals surface area contributed by atoms with Crippen molar-refractivity contribution in [1.29, 1.82) is 0 Å². The molecule has 1 heterocycles. The van der Waals surface area contributed by atoms with E-state index in [9.17, 15) is 9.59 Å². The van der Waals surface area contributed by atoms with Crippen LogP contribution in [0.2, 0.25) is 0 Å². The summed E-state index contributed by atoms with van der Waals surface area (Å²) in [5.74, 6) is 0.914. The van der Waals surface area contributed by atoms with Gasteiger partial charge in [0.25, 0.3) is 0 Å². The summed E-state index contributed by atoms with van der Waals surface area (Å²) in [7, 11) is 1.81. The SMILES string of the molecule is CN(CC1CCC(C(=O)N2CCC3=C(Cc4ccccc43)C2)CC1)C(=O)OC(C)(C)C. The number of rotatable bonds is 3. The Hall–Kier alpha value is -2.30. The molecule has 31 heavy (non-hydrogen) atoms. The summed E-state index contributed by atoms with van der Waals surface area (Å²) < 4.78 is 5.46. The van der Waals surface area contributed by atoms with Gasteiger partial charge in [-0.3, -0.25) is 4.79 Å². The van der Waals surface area contributed by atoms with Crippen LogP contribution in [-0.4, -0.2) is 54.1 Å². The average molecular weight is 425 g/mol. The van der Waals surface area contributed by atoms with Gasteiger partial charge in [0.1, 0.15) is 5.60 Å². The van der Waals surface area contributed by atoms with Gasteiger partial charge in [0.15, 0.2) is 0 Å². The van der Waals surface area contributed by atoms with E-state index in [0.29, 0.717) is 18.4 Å². The average Bonchev–Trinajstić information content (AvgIpc) is 3.10. The van der Waals surface area contributed by atoms with E-state index in [2.05, 4.69) is 29.2 Å². The molecule has 0 aromatic heterocycles. The Bertz CT molecular complexity index is 875. The molecule has 3 aliphatic rings. The maximum atomic E-state index is 13.2. The van der Waals surface area contributed by atoms with Crippen LogP contribution in [0.3, 0.4) is 0 Å². The lowest BCUT2D eigenvalue weighted by molar-refractivity contribution is -0.136. The molecule has 0 radical (unpaired) electrons. The fraction of sp³-hybridized carbons (Fsp3) is 0.615. The fourth-order valence-electron chi connectivity index (χ4n) is 5.35. The topological polar surface area (TPSA) is 49.9 Å². The summed E-state index contributed by atoms with van der Waals surface area (Å²) in [5, 5.41) is 0. The lowest BCUT2D eigenvalue weighted by atomic mass is 9.81. The monoisotopic (exact) mass is 424 g/mol. The summed E-state index contributed by atoms with van der Waals surface area (Å²) >= 11 is 0. The summed E-state index contributed by atoms with van der Waals surface area (Å²) in [6.07, 6.45) is 5.56. The van der Waals surface area contributed by atoms with Gasteiger partial charge >= 0.3 is 6.09 Å². The molecular weight excluding hydrogens is 388 g/mol. The highest BCUT2D eigenvalue weighted by Gasteiger charge is 2.34. The Balaban J connectivity index is 1.26. The Morgan fingerprint density at radius 1 is 1.13 bits per heavy atom. The van der Waals surface area contributed by atoms with Crippen molar-refractivity contribution in [1.82, 2.24) is 9.80 Å². The quantitative estimate of drug-likeness (QED) is 0.693. The molecule has 168 valence electrons. The first-order valence-corrected chi connectivity index (χ1v) is 11.7. The van der Waals surface area contributed by atoms with Crippen molar-refractivity contribution in [2.75, 3.05) is 26.7 Å². The van der Waals surface area contributed by atoms with Crippen LogP contribution in [0.5, 0.6) is 0 Å². The van der Waals surface area contributed by atoms with Gasteiger partial charge in [0, 0.05) is 32.6 Å². The van der Waals surface area contributed by atoms with E-state index in [1.165, 1.54) is 22.3 Å². The minimum atomic E-state index is -0.472. The zero-order valence-corrected chi connectivity index (χ0v) is 19.4. The Morgan fingerprint density at radius 3 is 2.55 bits per heavy atom. The first-order chi connectivity index (χ1) is 14.7. The first-order valence-electron chi connectivity index (χ1n) is 11.7. The van der Waals surface area contributed by atoms with Crippen molar-refractivity contribution in [2.45, 2.75) is 64.9 Å². The number of hydrogen-bond donors (Lipinski definition) is 0. The van der Waals surface area contributed by atoms with E-state index in [4.69, 9.17) is 4.74 Å². The van der Waals surface area contributed by atoms with Crippen molar-refractivity contribution in [3.05, 3.63) is 41.0 Å². The minimum absolute atomic E-state index is 0.133. The first kappa shape index (κ1) is 21.9. The Kier molecular flexibility index (Phi) is 6.14. The molecular formula is C26H36N2O3. The van der Waals surface area contributed by atoms with Crippen LogP contribution in [-0.2, 0) is 16.0 Å². The van der Waals surface area contributed by atoms with E-state index in [1.54, 1.807) is 4.90 Å². The second-order valence-electron chi connectivity index (χ2n) is 10.5. The molecule has 0 atom stereocenters. The van der Waals surface area contributed by atoms with Gasteiger partial charge in [-0.2, -0.15) is 0 Å². The van der Waals surface area contributed by atoms with Crippen molar-refractivity contribution >= 4 is 17.6 Å². The third kappa shape index (κ3) is 4.97. The highest BCUT2D eigenvalue weighted by atomic mass is 16.6. The van der Waals surface area contributed by atoms with Crippen LogP contribution in [0.4, 0.5) is 4.79 Å². The number of amides is 2. The maximum absolute atomic E-state index is 13.2. The number of ether oxygens (including phenoxy) is 1. The molecule has 5 nitrogen and oxygen atoms in total. The van der Waals surface area contributed by atoms with Gasteiger partial charge in [-0.25, -0.2) is 4.79 Å². The van der Waals surface area contributed by atoms with Crippen molar-refractivity contribution in [3.63, 3.8) is 0 Å².